The third-order valence-electron chi connectivity index (χ3n) is 4.04. The number of aryl methyl sites for hydroxylation is 3. The highest BCUT2D eigenvalue weighted by molar-refractivity contribution is 9.10. The first-order valence-corrected chi connectivity index (χ1v) is 8.79. The van der Waals surface area contributed by atoms with Gasteiger partial charge in [0.2, 0.25) is 11.8 Å². The van der Waals surface area contributed by atoms with Crippen LogP contribution >= 0.6 is 15.9 Å². The van der Waals surface area contributed by atoms with Gasteiger partial charge in [-0.1, -0.05) is 21.1 Å². The van der Waals surface area contributed by atoms with Crippen molar-refractivity contribution in [2.24, 2.45) is 0 Å². The number of nitrogens with one attached hydrogen (secondary N) is 1. The molecule has 0 radical (unpaired) electrons. The molecule has 2 rings (SSSR count). The van der Waals surface area contributed by atoms with Crippen LogP contribution in [0.15, 0.2) is 27.2 Å². The van der Waals surface area contributed by atoms with Crippen molar-refractivity contribution in [1.82, 2.24) is 10.1 Å². The Bertz CT molecular complexity index is 766. The van der Waals surface area contributed by atoms with E-state index in [4.69, 9.17) is 4.52 Å². The predicted octanol–water partition coefficient (Wildman–Crippen LogP) is 3.39. The van der Waals surface area contributed by atoms with Crippen molar-refractivity contribution < 1.29 is 14.1 Å². The lowest BCUT2D eigenvalue weighted by Gasteiger charge is -2.17. The van der Waals surface area contributed by atoms with Gasteiger partial charge in [0, 0.05) is 29.2 Å². The van der Waals surface area contributed by atoms with Crippen LogP contribution in [0.25, 0.3) is 0 Å². The van der Waals surface area contributed by atoms with Gasteiger partial charge in [-0.2, -0.15) is 0 Å². The normalized spacial score (nSPS) is 10.6. The number of likely N-dealkylation sites (N-methyl/N-ethyl adjacent to an activating group) is 1. The van der Waals surface area contributed by atoms with Crippen molar-refractivity contribution >= 4 is 33.4 Å². The maximum Gasteiger partial charge on any atom is 0.243 e. The van der Waals surface area contributed by atoms with Crippen molar-refractivity contribution in [2.45, 2.75) is 33.6 Å². The molecule has 0 atom stereocenters. The van der Waals surface area contributed by atoms with E-state index in [-0.39, 0.29) is 18.4 Å². The second kappa shape index (κ2) is 8.29. The fourth-order valence-corrected chi connectivity index (χ4v) is 3.02. The molecule has 2 amide bonds. The Kier molecular flexibility index (Phi) is 6.36. The third-order valence-corrected chi connectivity index (χ3v) is 4.53. The SMILES string of the molecule is Cc1cc(Br)ccc1NC(=O)CN(C)C(=O)CCc1c(C)noc1C. The largest absolute Gasteiger partial charge is 0.361 e. The molecular weight excluding hydrogens is 386 g/mol. The number of hydrogen-bond donors (Lipinski definition) is 1. The second-order valence-corrected chi connectivity index (χ2v) is 6.98. The summed E-state index contributed by atoms with van der Waals surface area (Å²) in [6.07, 6.45) is 0.863. The summed E-state index contributed by atoms with van der Waals surface area (Å²) in [4.78, 5) is 25.8. The van der Waals surface area contributed by atoms with Crippen molar-refractivity contribution in [3.05, 3.63) is 45.3 Å². The summed E-state index contributed by atoms with van der Waals surface area (Å²) in [6, 6.07) is 5.62. The quantitative estimate of drug-likeness (QED) is 0.795. The Morgan fingerprint density at radius 2 is 2.00 bits per heavy atom. The lowest BCUT2D eigenvalue weighted by atomic mass is 10.1. The minimum atomic E-state index is -0.224. The van der Waals surface area contributed by atoms with Crippen LogP contribution in [-0.4, -0.2) is 35.5 Å². The zero-order valence-electron chi connectivity index (χ0n) is 14.9. The Hall–Kier alpha value is -2.15. The van der Waals surface area contributed by atoms with Gasteiger partial charge in [0.05, 0.1) is 12.2 Å². The molecule has 0 aliphatic rings. The summed E-state index contributed by atoms with van der Waals surface area (Å²) in [5.74, 6) is 0.415. The molecule has 6 nitrogen and oxygen atoms in total. The number of amides is 2. The number of rotatable bonds is 6. The molecule has 0 saturated carbocycles. The summed E-state index contributed by atoms with van der Waals surface area (Å²) in [5, 5.41) is 6.71. The maximum atomic E-state index is 12.2. The molecule has 7 heteroatoms. The van der Waals surface area contributed by atoms with E-state index in [1.165, 1.54) is 4.90 Å². The van der Waals surface area contributed by atoms with E-state index in [0.717, 1.165) is 32.7 Å². The van der Waals surface area contributed by atoms with Crippen LogP contribution in [0.3, 0.4) is 0 Å². The minimum absolute atomic E-state index is 0.00986. The van der Waals surface area contributed by atoms with E-state index in [1.807, 2.05) is 39.0 Å². The van der Waals surface area contributed by atoms with Gasteiger partial charge in [-0.15, -0.1) is 0 Å². The highest BCUT2D eigenvalue weighted by Gasteiger charge is 2.16. The number of carbonyl (C=O) groups excluding carboxylic acids is 2. The van der Waals surface area contributed by atoms with E-state index >= 15 is 0 Å². The first-order chi connectivity index (χ1) is 11.8. The molecule has 2 aromatic rings. The molecule has 1 aromatic carbocycles. The van der Waals surface area contributed by atoms with Gasteiger partial charge in [-0.05, 0) is 51.0 Å². The van der Waals surface area contributed by atoms with Crippen LogP contribution in [0.4, 0.5) is 5.69 Å². The molecule has 0 unspecified atom stereocenters. The average molecular weight is 408 g/mol. The molecular formula is C18H22BrN3O3. The Balaban J connectivity index is 1.86. The van der Waals surface area contributed by atoms with Crippen molar-refractivity contribution in [1.29, 1.82) is 0 Å². The van der Waals surface area contributed by atoms with E-state index in [0.29, 0.717) is 12.8 Å². The molecule has 134 valence electrons. The Morgan fingerprint density at radius 1 is 1.28 bits per heavy atom. The number of hydrogen-bond acceptors (Lipinski definition) is 4. The number of benzene rings is 1. The van der Waals surface area contributed by atoms with Crippen molar-refractivity contribution in [2.75, 3.05) is 18.9 Å². The molecule has 0 saturated heterocycles. The van der Waals surface area contributed by atoms with Gasteiger partial charge < -0.3 is 14.7 Å². The lowest BCUT2D eigenvalue weighted by molar-refractivity contribution is -0.133. The summed E-state index contributed by atoms with van der Waals surface area (Å²) in [6.45, 7) is 5.61. The van der Waals surface area contributed by atoms with Crippen LogP contribution in [0.1, 0.15) is 29.0 Å². The molecule has 0 aliphatic heterocycles. The standard InChI is InChI=1S/C18H22BrN3O3/c1-11-9-14(19)5-7-16(11)20-17(23)10-22(4)18(24)8-6-15-12(2)21-25-13(15)3/h5,7,9H,6,8,10H2,1-4H3,(H,20,23). The number of halogens is 1. The fraction of sp³-hybridized carbons (Fsp3) is 0.389. The van der Waals surface area contributed by atoms with E-state index in [1.54, 1.807) is 7.05 Å². The van der Waals surface area contributed by atoms with Gasteiger partial charge in [-0.3, -0.25) is 9.59 Å². The zero-order valence-corrected chi connectivity index (χ0v) is 16.4. The first-order valence-electron chi connectivity index (χ1n) is 7.99. The molecule has 0 fully saturated rings. The summed E-state index contributed by atoms with van der Waals surface area (Å²) < 4.78 is 6.05. The van der Waals surface area contributed by atoms with Gasteiger partial charge in [0.1, 0.15) is 5.76 Å². The van der Waals surface area contributed by atoms with Gasteiger partial charge in [0.15, 0.2) is 0 Å². The van der Waals surface area contributed by atoms with Crippen LogP contribution in [0, 0.1) is 20.8 Å². The van der Waals surface area contributed by atoms with Gasteiger partial charge >= 0.3 is 0 Å². The van der Waals surface area contributed by atoms with Crippen LogP contribution in [0.2, 0.25) is 0 Å². The number of aromatic nitrogens is 1. The molecule has 25 heavy (non-hydrogen) atoms. The molecule has 0 bridgehead atoms. The van der Waals surface area contributed by atoms with Crippen LogP contribution < -0.4 is 5.32 Å². The number of nitrogens with zero attached hydrogens (tertiary/aromatic N) is 2. The summed E-state index contributed by atoms with van der Waals surface area (Å²) in [7, 11) is 1.63. The number of anilines is 1. The predicted molar refractivity (Wildman–Crippen MR) is 99.4 cm³/mol. The lowest BCUT2D eigenvalue weighted by Crippen LogP contribution is -2.35. The van der Waals surface area contributed by atoms with Gasteiger partial charge in [0.25, 0.3) is 0 Å². The molecule has 0 spiro atoms. The highest BCUT2D eigenvalue weighted by atomic mass is 79.9. The van der Waals surface area contributed by atoms with Crippen LogP contribution in [0.5, 0.6) is 0 Å². The summed E-state index contributed by atoms with van der Waals surface area (Å²) in [5.41, 5.74) is 3.45. The third kappa shape index (κ3) is 5.16. The zero-order chi connectivity index (χ0) is 18.6. The smallest absolute Gasteiger partial charge is 0.243 e. The fourth-order valence-electron chi connectivity index (χ4n) is 2.54. The monoisotopic (exact) mass is 407 g/mol. The first kappa shape index (κ1) is 19.2. The molecule has 0 aliphatic carbocycles. The molecule has 1 aromatic heterocycles. The van der Waals surface area contributed by atoms with E-state index < -0.39 is 0 Å². The summed E-state index contributed by atoms with van der Waals surface area (Å²) >= 11 is 3.39. The average Bonchev–Trinajstić information content (AvgIpc) is 2.86. The maximum absolute atomic E-state index is 12.2. The molecule has 1 N–H and O–H groups in total. The Morgan fingerprint density at radius 3 is 2.60 bits per heavy atom. The highest BCUT2D eigenvalue weighted by Crippen LogP contribution is 2.20. The minimum Gasteiger partial charge on any atom is -0.361 e. The van der Waals surface area contributed by atoms with E-state index in [2.05, 4.69) is 26.4 Å². The van der Waals surface area contributed by atoms with Crippen molar-refractivity contribution in [3.63, 3.8) is 0 Å². The second-order valence-electron chi connectivity index (χ2n) is 6.06. The van der Waals surface area contributed by atoms with E-state index in [9.17, 15) is 9.59 Å². The van der Waals surface area contributed by atoms with Gasteiger partial charge in [-0.25, -0.2) is 0 Å². The van der Waals surface area contributed by atoms with Crippen molar-refractivity contribution in [3.8, 4) is 0 Å². The number of carbonyl (C=O) groups is 2. The topological polar surface area (TPSA) is 75.4 Å². The Labute approximate surface area is 155 Å². The van der Waals surface area contributed by atoms with Crippen LogP contribution in [-0.2, 0) is 16.0 Å². The molecule has 1 heterocycles.